The Balaban J connectivity index is 1.55. The summed E-state index contributed by atoms with van der Waals surface area (Å²) in [5.74, 6) is 0.760. The number of nitro groups is 1. The Hall–Kier alpha value is -3.35. The second-order valence-corrected chi connectivity index (χ2v) is 6.20. The highest BCUT2D eigenvalue weighted by Crippen LogP contribution is 2.22. The van der Waals surface area contributed by atoms with Crippen molar-refractivity contribution in [1.82, 2.24) is 4.90 Å². The molecule has 1 saturated heterocycles. The summed E-state index contributed by atoms with van der Waals surface area (Å²) >= 11 is 0. The number of hydrogen-bond acceptors (Lipinski definition) is 5. The number of carbonyl (C=O) groups is 1. The number of rotatable bonds is 5. The molecular weight excluding hydrogens is 346 g/mol. The van der Waals surface area contributed by atoms with Crippen molar-refractivity contribution in [2.24, 2.45) is 0 Å². The summed E-state index contributed by atoms with van der Waals surface area (Å²) < 4.78 is 5.26. The second kappa shape index (κ2) is 8.35. The number of amides is 1. The van der Waals surface area contributed by atoms with E-state index in [0.717, 1.165) is 30.1 Å². The summed E-state index contributed by atoms with van der Waals surface area (Å²) in [5, 5.41) is 10.7. The summed E-state index contributed by atoms with van der Waals surface area (Å²) in [6.45, 7) is 2.79. The van der Waals surface area contributed by atoms with E-state index in [0.29, 0.717) is 13.1 Å². The maximum atomic E-state index is 12.4. The number of methoxy groups -OCH3 is 1. The molecule has 1 heterocycles. The monoisotopic (exact) mass is 367 g/mol. The van der Waals surface area contributed by atoms with Gasteiger partial charge >= 0.3 is 0 Å². The molecule has 7 nitrogen and oxygen atoms in total. The van der Waals surface area contributed by atoms with Crippen molar-refractivity contribution in [3.63, 3.8) is 0 Å². The predicted molar refractivity (Wildman–Crippen MR) is 104 cm³/mol. The van der Waals surface area contributed by atoms with E-state index in [-0.39, 0.29) is 11.6 Å². The van der Waals surface area contributed by atoms with E-state index in [1.165, 1.54) is 18.2 Å². The third-order valence-electron chi connectivity index (χ3n) is 4.53. The van der Waals surface area contributed by atoms with Crippen LogP contribution in [0, 0.1) is 10.1 Å². The number of hydrogen-bond donors (Lipinski definition) is 0. The molecule has 2 aromatic carbocycles. The van der Waals surface area contributed by atoms with Crippen LogP contribution >= 0.6 is 0 Å². The van der Waals surface area contributed by atoms with Crippen molar-refractivity contribution in [1.29, 1.82) is 0 Å². The number of nitro benzene ring substituents is 1. The van der Waals surface area contributed by atoms with Crippen LogP contribution in [0.3, 0.4) is 0 Å². The number of ether oxygens (including phenoxy) is 1. The predicted octanol–water partition coefficient (Wildman–Crippen LogP) is 2.97. The number of nitrogens with zero attached hydrogens (tertiary/aromatic N) is 3. The van der Waals surface area contributed by atoms with Gasteiger partial charge in [0, 0.05) is 56.1 Å². The van der Waals surface area contributed by atoms with Crippen molar-refractivity contribution in [3.8, 4) is 5.75 Å². The lowest BCUT2D eigenvalue weighted by Gasteiger charge is -2.35. The van der Waals surface area contributed by atoms with Gasteiger partial charge in [-0.3, -0.25) is 14.9 Å². The highest BCUT2D eigenvalue weighted by molar-refractivity contribution is 5.92. The molecular formula is C20H21N3O4. The fourth-order valence-corrected chi connectivity index (χ4v) is 2.97. The minimum atomic E-state index is -0.444. The van der Waals surface area contributed by atoms with Gasteiger partial charge in [-0.25, -0.2) is 0 Å². The van der Waals surface area contributed by atoms with E-state index in [1.54, 1.807) is 30.2 Å². The minimum absolute atomic E-state index is 0.0344. The molecule has 0 spiro atoms. The summed E-state index contributed by atoms with van der Waals surface area (Å²) in [6, 6.07) is 14.0. The first-order valence-corrected chi connectivity index (χ1v) is 8.67. The van der Waals surface area contributed by atoms with Gasteiger partial charge in [0.15, 0.2) is 0 Å². The highest BCUT2D eigenvalue weighted by Gasteiger charge is 2.20. The largest absolute Gasteiger partial charge is 0.497 e. The smallest absolute Gasteiger partial charge is 0.269 e. The molecule has 1 aliphatic heterocycles. The molecule has 0 N–H and O–H groups in total. The van der Waals surface area contributed by atoms with Crippen LogP contribution in [0.2, 0.25) is 0 Å². The topological polar surface area (TPSA) is 75.9 Å². The molecule has 2 aromatic rings. The number of carbonyl (C=O) groups excluding carboxylic acids is 1. The molecule has 0 unspecified atom stereocenters. The van der Waals surface area contributed by atoms with Crippen LogP contribution in [0.25, 0.3) is 6.08 Å². The van der Waals surface area contributed by atoms with Gasteiger partial charge in [0.05, 0.1) is 12.0 Å². The molecule has 1 aliphatic rings. The average Bonchev–Trinajstić information content (AvgIpc) is 2.72. The van der Waals surface area contributed by atoms with E-state index in [2.05, 4.69) is 4.90 Å². The zero-order chi connectivity index (χ0) is 19.2. The Morgan fingerprint density at radius 1 is 1.11 bits per heavy atom. The van der Waals surface area contributed by atoms with Crippen molar-refractivity contribution >= 4 is 23.4 Å². The summed E-state index contributed by atoms with van der Waals surface area (Å²) in [5.41, 5.74) is 1.87. The minimum Gasteiger partial charge on any atom is -0.497 e. The van der Waals surface area contributed by atoms with Crippen LogP contribution in [-0.2, 0) is 4.79 Å². The standard InChI is InChI=1S/C20H21N3O4/c1-27-19-4-2-3-18(15-19)21-11-13-22(14-12-21)20(24)10-7-16-5-8-17(9-6-16)23(25)26/h2-10,15H,11-14H2,1H3. The Kier molecular flexibility index (Phi) is 5.71. The Labute approximate surface area is 157 Å². The first-order chi connectivity index (χ1) is 13.1. The Morgan fingerprint density at radius 3 is 2.44 bits per heavy atom. The zero-order valence-electron chi connectivity index (χ0n) is 15.1. The lowest BCUT2D eigenvalue weighted by atomic mass is 10.2. The molecule has 140 valence electrons. The van der Waals surface area contributed by atoms with Crippen molar-refractivity contribution in [3.05, 3.63) is 70.3 Å². The van der Waals surface area contributed by atoms with Gasteiger partial charge in [-0.1, -0.05) is 6.07 Å². The SMILES string of the molecule is COc1cccc(N2CCN(C(=O)C=Cc3ccc([N+](=O)[O-])cc3)CC2)c1. The molecule has 0 radical (unpaired) electrons. The average molecular weight is 367 g/mol. The van der Waals surface area contributed by atoms with Crippen molar-refractivity contribution < 1.29 is 14.5 Å². The first-order valence-electron chi connectivity index (χ1n) is 8.67. The lowest BCUT2D eigenvalue weighted by Crippen LogP contribution is -2.48. The Bertz CT molecular complexity index is 841. The quantitative estimate of drug-likeness (QED) is 0.461. The molecule has 0 saturated carbocycles. The van der Waals surface area contributed by atoms with Gasteiger partial charge < -0.3 is 14.5 Å². The summed E-state index contributed by atoms with van der Waals surface area (Å²) in [7, 11) is 1.65. The van der Waals surface area contributed by atoms with Crippen LogP contribution in [0.4, 0.5) is 11.4 Å². The van der Waals surface area contributed by atoms with Crippen LogP contribution in [0.15, 0.2) is 54.6 Å². The first kappa shape index (κ1) is 18.4. The number of anilines is 1. The van der Waals surface area contributed by atoms with E-state index in [1.807, 2.05) is 24.3 Å². The molecule has 27 heavy (non-hydrogen) atoms. The molecule has 0 aromatic heterocycles. The molecule has 1 fully saturated rings. The number of piperazine rings is 1. The molecule has 0 atom stereocenters. The normalized spacial score (nSPS) is 14.4. The fraction of sp³-hybridized carbons (Fsp3) is 0.250. The van der Waals surface area contributed by atoms with Crippen molar-refractivity contribution in [2.45, 2.75) is 0 Å². The molecule has 1 amide bonds. The van der Waals surface area contributed by atoms with Gasteiger partial charge in [0.25, 0.3) is 5.69 Å². The maximum absolute atomic E-state index is 12.4. The summed E-state index contributed by atoms with van der Waals surface area (Å²) in [6.07, 6.45) is 3.20. The van der Waals surface area contributed by atoms with E-state index < -0.39 is 4.92 Å². The van der Waals surface area contributed by atoms with Crippen LogP contribution in [0.5, 0.6) is 5.75 Å². The zero-order valence-corrected chi connectivity index (χ0v) is 15.1. The van der Waals surface area contributed by atoms with Gasteiger partial charge in [0.1, 0.15) is 5.75 Å². The third-order valence-corrected chi connectivity index (χ3v) is 4.53. The molecule has 3 rings (SSSR count). The van der Waals surface area contributed by atoms with E-state index in [9.17, 15) is 14.9 Å². The van der Waals surface area contributed by atoms with Gasteiger partial charge in [0.2, 0.25) is 5.91 Å². The molecule has 0 aliphatic carbocycles. The fourth-order valence-electron chi connectivity index (χ4n) is 2.97. The van der Waals surface area contributed by atoms with E-state index >= 15 is 0 Å². The summed E-state index contributed by atoms with van der Waals surface area (Å²) in [4.78, 5) is 26.6. The molecule has 7 heteroatoms. The van der Waals surface area contributed by atoms with Crippen LogP contribution in [0.1, 0.15) is 5.56 Å². The van der Waals surface area contributed by atoms with Gasteiger partial charge in [-0.2, -0.15) is 0 Å². The third kappa shape index (κ3) is 4.63. The maximum Gasteiger partial charge on any atom is 0.269 e. The van der Waals surface area contributed by atoms with Crippen LogP contribution < -0.4 is 9.64 Å². The Morgan fingerprint density at radius 2 is 1.81 bits per heavy atom. The highest BCUT2D eigenvalue weighted by atomic mass is 16.6. The van der Waals surface area contributed by atoms with E-state index in [4.69, 9.17) is 4.74 Å². The number of benzene rings is 2. The second-order valence-electron chi connectivity index (χ2n) is 6.20. The van der Waals surface area contributed by atoms with Gasteiger partial charge in [-0.15, -0.1) is 0 Å². The molecule has 0 bridgehead atoms. The number of non-ortho nitro benzene ring substituents is 1. The van der Waals surface area contributed by atoms with Crippen molar-refractivity contribution in [2.75, 3.05) is 38.2 Å². The lowest BCUT2D eigenvalue weighted by molar-refractivity contribution is -0.384. The van der Waals surface area contributed by atoms with Crippen LogP contribution in [-0.4, -0.2) is 49.0 Å². The van der Waals surface area contributed by atoms with Gasteiger partial charge in [-0.05, 0) is 35.9 Å².